The van der Waals surface area contributed by atoms with E-state index >= 15 is 0 Å². The normalized spacial score (nSPS) is 40.8. The Morgan fingerprint density at radius 1 is 0.912 bits per heavy atom. The van der Waals surface area contributed by atoms with Gasteiger partial charge in [0.25, 0.3) is 0 Å². The molecule has 8 unspecified atom stereocenters. The Labute approximate surface area is 410 Å². The number of oxime groups is 1. The van der Waals surface area contributed by atoms with Crippen molar-refractivity contribution in [3.05, 3.63) is 16.6 Å². The Balaban J connectivity index is 1.62. The Morgan fingerprint density at radius 3 is 2.21 bits per heavy atom. The molecule has 0 amide bonds. The minimum Gasteiger partial charge on any atom is -0.459 e. The van der Waals surface area contributed by atoms with Crippen molar-refractivity contribution in [2.24, 2.45) is 28.8 Å². The Kier molecular flexibility index (Phi) is 23.0. The Bertz CT molecular complexity index is 1660. The highest BCUT2D eigenvalue weighted by Crippen LogP contribution is 2.41. The number of esters is 1. The molecule has 18 atom stereocenters. The molecule has 0 aliphatic carbocycles. The fourth-order valence-corrected chi connectivity index (χ4v) is 10.9. The molecule has 19 heteroatoms. The van der Waals surface area contributed by atoms with Crippen LogP contribution in [0.5, 0.6) is 0 Å². The van der Waals surface area contributed by atoms with Gasteiger partial charge in [0.15, 0.2) is 12.6 Å². The van der Waals surface area contributed by atoms with E-state index in [1.165, 1.54) is 14.0 Å². The summed E-state index contributed by atoms with van der Waals surface area (Å²) in [5, 5.41) is 74.4. The van der Waals surface area contributed by atoms with E-state index in [1.807, 2.05) is 44.4 Å². The van der Waals surface area contributed by atoms with Crippen molar-refractivity contribution in [3.8, 4) is 0 Å². The average Bonchev–Trinajstić information content (AvgIpc) is 3.81. The molecule has 0 bridgehead atoms. The van der Waals surface area contributed by atoms with Gasteiger partial charge in [0.1, 0.15) is 35.5 Å². The monoisotopic (exact) mass is 988 g/mol. The first-order valence-electron chi connectivity index (χ1n) is 25.0. The molecule has 4 heterocycles. The maximum atomic E-state index is 14.5. The molecule has 7 N–H and O–H groups in total. The lowest BCUT2D eigenvalue weighted by atomic mass is 9.73. The quantitative estimate of drug-likeness (QED) is 0.0556. The summed E-state index contributed by atoms with van der Waals surface area (Å²) in [6.07, 6.45) is -3.18. The molecule has 0 spiro atoms. The molecular formula is C49H89N5O13S. The molecule has 18 nitrogen and oxygen atoms in total. The molecule has 4 rings (SSSR count). The van der Waals surface area contributed by atoms with E-state index in [-0.39, 0.29) is 38.0 Å². The molecule has 3 aliphatic rings. The van der Waals surface area contributed by atoms with Crippen LogP contribution in [0.3, 0.4) is 0 Å². The number of likely N-dealkylation sites (N-methyl/N-ethyl adjacent to an activating group) is 1. The van der Waals surface area contributed by atoms with Gasteiger partial charge in [0.05, 0.1) is 53.4 Å². The van der Waals surface area contributed by atoms with Gasteiger partial charge in [-0.15, -0.1) is 11.3 Å². The number of carbonyl (C=O) groups excluding carboxylic acids is 1. The Hall–Kier alpha value is -1.95. The first kappa shape index (κ1) is 58.6. The molecule has 0 radical (unpaired) electrons. The molecule has 0 aromatic carbocycles. The standard InChI is InChI=1S/C49H89N5O13S/c1-14-36-49(10,60)42(56)31(4)39(53-62-23-21-50-19-17-15-16-18-20-51-28-37-52-22-24-68-37)29(2)26-47(8,59)44(67-46-40(55)35(54(11)12)25-30(3)63-46)32(5)41(33(6)45(58)65-36)66-38-27-48(9,61-13)43(57)34(7)64-38/h22,24,29-36,38,40-44,46,50-51,55-57,59-60H,14-21,23,25-28H2,1-13H3/t29-,30?,31+,32+,33-,34?,35?,36-,38?,40?,41+,42-,43?,44-,46?,47-,48?,49-/m1/s1. The van der Waals surface area contributed by atoms with E-state index in [1.54, 1.807) is 59.8 Å². The number of aromatic nitrogens is 1. The maximum Gasteiger partial charge on any atom is 0.311 e. The van der Waals surface area contributed by atoms with Gasteiger partial charge in [0.2, 0.25) is 0 Å². The second-order valence-electron chi connectivity index (χ2n) is 20.7. The van der Waals surface area contributed by atoms with Crippen LogP contribution in [-0.2, 0) is 44.6 Å². The number of nitrogens with zero attached hydrogens (tertiary/aromatic N) is 3. The van der Waals surface area contributed by atoms with Crippen molar-refractivity contribution in [1.82, 2.24) is 20.5 Å². The zero-order valence-corrected chi connectivity index (χ0v) is 44.1. The summed E-state index contributed by atoms with van der Waals surface area (Å²) in [6, 6.07) is -0.323. The fraction of sp³-hybridized carbons (Fsp3) is 0.898. The van der Waals surface area contributed by atoms with Crippen molar-refractivity contribution in [2.75, 3.05) is 47.4 Å². The van der Waals surface area contributed by atoms with E-state index in [9.17, 15) is 30.3 Å². The van der Waals surface area contributed by atoms with Crippen LogP contribution in [0, 0.1) is 23.7 Å². The van der Waals surface area contributed by atoms with Crippen molar-refractivity contribution < 1.29 is 63.6 Å². The number of nitrogens with one attached hydrogen (secondary N) is 2. The minimum absolute atomic E-state index is 0.00519. The van der Waals surface area contributed by atoms with E-state index in [2.05, 4.69) is 20.8 Å². The molecule has 0 saturated carbocycles. The number of aliphatic hydroxyl groups is 5. The summed E-state index contributed by atoms with van der Waals surface area (Å²) in [6.45, 7) is 20.6. The molecule has 3 fully saturated rings. The third kappa shape index (κ3) is 15.5. The first-order chi connectivity index (χ1) is 32.0. The van der Waals surface area contributed by atoms with Crippen LogP contribution in [0.4, 0.5) is 0 Å². The fourth-order valence-electron chi connectivity index (χ4n) is 10.3. The summed E-state index contributed by atoms with van der Waals surface area (Å²) in [5.41, 5.74) is -4.37. The van der Waals surface area contributed by atoms with Crippen LogP contribution in [0.2, 0.25) is 0 Å². The summed E-state index contributed by atoms with van der Waals surface area (Å²) in [7, 11) is 5.26. The van der Waals surface area contributed by atoms with Crippen LogP contribution in [0.25, 0.3) is 0 Å². The zero-order valence-electron chi connectivity index (χ0n) is 43.3. The number of ether oxygens (including phenoxy) is 6. The van der Waals surface area contributed by atoms with Crippen molar-refractivity contribution in [2.45, 2.75) is 211 Å². The van der Waals surface area contributed by atoms with E-state index in [0.717, 1.165) is 50.3 Å². The molecule has 1 aromatic rings. The summed E-state index contributed by atoms with van der Waals surface area (Å²) >= 11 is 1.65. The number of hydrogen-bond donors (Lipinski definition) is 7. The van der Waals surface area contributed by atoms with Gasteiger partial charge in [-0.25, -0.2) is 4.98 Å². The molecule has 3 aliphatic heterocycles. The van der Waals surface area contributed by atoms with E-state index < -0.39 is 102 Å². The lowest BCUT2D eigenvalue weighted by Crippen LogP contribution is -2.61. The zero-order chi connectivity index (χ0) is 50.6. The average molecular weight is 988 g/mol. The van der Waals surface area contributed by atoms with Crippen LogP contribution < -0.4 is 10.6 Å². The largest absolute Gasteiger partial charge is 0.459 e. The molecule has 3 saturated heterocycles. The number of unbranched alkanes of at least 4 members (excludes halogenated alkanes) is 3. The molecular weight excluding hydrogens is 899 g/mol. The SMILES string of the molecule is CC[C@H]1OC(=O)[C@H](C)[C@@H](OC2CC(C)(OC)C(O)C(C)O2)[C@H](C)[C@@H](OC2OC(C)CC(N(C)C)C2O)[C@](C)(O)C[C@@H](C)C(=NOCCNCCCCCCNCc2nccs2)[C@H](C)[C@@H](O)[C@]1(C)O. The molecule has 1 aromatic heterocycles. The number of thiazole rings is 1. The number of hydrogen-bond acceptors (Lipinski definition) is 19. The van der Waals surface area contributed by atoms with Gasteiger partial charge in [-0.05, 0) is 101 Å². The van der Waals surface area contributed by atoms with Crippen molar-refractivity contribution >= 4 is 23.0 Å². The van der Waals surface area contributed by atoms with Gasteiger partial charge in [0, 0.05) is 62.0 Å². The van der Waals surface area contributed by atoms with Gasteiger partial charge >= 0.3 is 5.97 Å². The minimum atomic E-state index is -1.95. The van der Waals surface area contributed by atoms with E-state index in [0.29, 0.717) is 18.7 Å². The van der Waals surface area contributed by atoms with Crippen LogP contribution >= 0.6 is 11.3 Å². The topological polar surface area (TPSA) is 235 Å². The number of rotatable bonds is 20. The number of methoxy groups -OCH3 is 1. The highest BCUT2D eigenvalue weighted by molar-refractivity contribution is 7.09. The van der Waals surface area contributed by atoms with Gasteiger partial charge in [-0.3, -0.25) is 4.79 Å². The summed E-state index contributed by atoms with van der Waals surface area (Å²) in [5.74, 6) is -4.02. The second-order valence-corrected chi connectivity index (χ2v) is 21.7. The summed E-state index contributed by atoms with van der Waals surface area (Å²) < 4.78 is 38.0. The third-order valence-electron chi connectivity index (χ3n) is 14.6. The first-order valence-corrected chi connectivity index (χ1v) is 25.9. The molecule has 394 valence electrons. The van der Waals surface area contributed by atoms with Crippen molar-refractivity contribution in [3.63, 3.8) is 0 Å². The van der Waals surface area contributed by atoms with Gasteiger partial charge in [-0.1, -0.05) is 45.7 Å². The van der Waals surface area contributed by atoms with Crippen LogP contribution in [0.15, 0.2) is 16.7 Å². The lowest BCUT2D eigenvalue weighted by Gasteiger charge is -2.49. The molecule has 68 heavy (non-hydrogen) atoms. The predicted molar refractivity (Wildman–Crippen MR) is 260 cm³/mol. The second kappa shape index (κ2) is 26.7. The predicted octanol–water partition coefficient (Wildman–Crippen LogP) is 3.99. The van der Waals surface area contributed by atoms with Crippen molar-refractivity contribution in [1.29, 1.82) is 0 Å². The highest BCUT2D eigenvalue weighted by atomic mass is 32.1. The number of carbonyl (C=O) groups is 1. The smallest absolute Gasteiger partial charge is 0.311 e. The lowest BCUT2D eigenvalue weighted by molar-refractivity contribution is -0.317. The summed E-state index contributed by atoms with van der Waals surface area (Å²) in [4.78, 5) is 26.6. The van der Waals surface area contributed by atoms with Gasteiger partial charge in [-0.2, -0.15) is 0 Å². The van der Waals surface area contributed by atoms with Crippen LogP contribution in [-0.4, -0.2) is 179 Å². The van der Waals surface area contributed by atoms with Gasteiger partial charge < -0.3 is 74.3 Å². The number of cyclic esters (lactones) is 1. The maximum absolute atomic E-state index is 14.5. The number of aliphatic hydroxyl groups excluding tert-OH is 3. The van der Waals surface area contributed by atoms with Crippen LogP contribution in [0.1, 0.15) is 126 Å². The van der Waals surface area contributed by atoms with E-state index in [4.69, 9.17) is 33.3 Å². The Morgan fingerprint density at radius 2 is 1.59 bits per heavy atom. The third-order valence-corrected chi connectivity index (χ3v) is 15.4. The highest BCUT2D eigenvalue weighted by Gasteiger charge is 2.53.